The van der Waals surface area contributed by atoms with Crippen LogP contribution < -0.4 is 14.8 Å². The topological polar surface area (TPSA) is 121 Å². The standard InChI is InChI=1S/C26H21Cl2N3O5S2/c1-17-7-8-18(27)15-25(17)31-38(35,36)22-12-9-19(10-13-22)29-26(32)23-16-20(11-14-24(23)28)30-37(33,34)21-5-3-2-4-6-21/h2-16,30-31H,1H3,(H,29,32). The molecule has 0 aliphatic heterocycles. The van der Waals surface area contributed by atoms with E-state index in [1.165, 1.54) is 60.7 Å². The summed E-state index contributed by atoms with van der Waals surface area (Å²) in [6.45, 7) is 1.75. The molecule has 8 nitrogen and oxygen atoms in total. The lowest BCUT2D eigenvalue weighted by Gasteiger charge is -2.13. The Morgan fingerprint density at radius 2 is 1.29 bits per heavy atom. The molecule has 38 heavy (non-hydrogen) atoms. The lowest BCUT2D eigenvalue weighted by Crippen LogP contribution is -2.16. The normalized spacial score (nSPS) is 11.6. The van der Waals surface area contributed by atoms with Crippen molar-refractivity contribution in [1.82, 2.24) is 0 Å². The molecule has 4 aromatic carbocycles. The predicted octanol–water partition coefficient (Wildman–Crippen LogP) is 6.16. The fourth-order valence-corrected chi connectivity index (χ4v) is 5.97. The van der Waals surface area contributed by atoms with E-state index in [0.717, 1.165) is 0 Å². The maximum atomic E-state index is 12.9. The number of carbonyl (C=O) groups excluding carboxylic acids is 1. The van der Waals surface area contributed by atoms with Gasteiger partial charge in [-0.15, -0.1) is 0 Å². The summed E-state index contributed by atoms with van der Waals surface area (Å²) in [6, 6.07) is 22.3. The Bertz CT molecular complexity index is 1710. The minimum Gasteiger partial charge on any atom is -0.322 e. The molecule has 12 heteroatoms. The van der Waals surface area contributed by atoms with Gasteiger partial charge in [0.05, 0.1) is 26.1 Å². The molecular weight excluding hydrogens is 569 g/mol. The molecule has 0 aliphatic rings. The van der Waals surface area contributed by atoms with Gasteiger partial charge in [0.25, 0.3) is 26.0 Å². The Hall–Kier alpha value is -3.57. The van der Waals surface area contributed by atoms with E-state index in [1.54, 1.807) is 37.3 Å². The Morgan fingerprint density at radius 1 is 0.684 bits per heavy atom. The number of halogens is 2. The molecule has 4 rings (SSSR count). The number of amides is 1. The first-order chi connectivity index (χ1) is 17.9. The minimum absolute atomic E-state index is 0.0229. The Morgan fingerprint density at radius 3 is 1.97 bits per heavy atom. The molecule has 0 atom stereocenters. The molecule has 0 heterocycles. The summed E-state index contributed by atoms with van der Waals surface area (Å²) >= 11 is 12.2. The number of hydrogen-bond donors (Lipinski definition) is 3. The lowest BCUT2D eigenvalue weighted by atomic mass is 10.2. The van der Waals surface area contributed by atoms with Gasteiger partial charge in [-0.2, -0.15) is 0 Å². The van der Waals surface area contributed by atoms with E-state index in [4.69, 9.17) is 23.2 Å². The van der Waals surface area contributed by atoms with Gasteiger partial charge in [0, 0.05) is 16.4 Å². The van der Waals surface area contributed by atoms with Crippen LogP contribution in [0.15, 0.2) is 101 Å². The third kappa shape index (κ3) is 6.46. The van der Waals surface area contributed by atoms with Gasteiger partial charge in [0.2, 0.25) is 0 Å². The first-order valence-electron chi connectivity index (χ1n) is 11.0. The van der Waals surface area contributed by atoms with Crippen LogP contribution in [0.25, 0.3) is 0 Å². The second kappa shape index (κ2) is 11.0. The van der Waals surface area contributed by atoms with Gasteiger partial charge in [-0.05, 0) is 79.2 Å². The maximum absolute atomic E-state index is 12.9. The van der Waals surface area contributed by atoms with Crippen molar-refractivity contribution in [3.8, 4) is 0 Å². The van der Waals surface area contributed by atoms with Crippen molar-refractivity contribution in [3.63, 3.8) is 0 Å². The van der Waals surface area contributed by atoms with Crippen LogP contribution >= 0.6 is 23.2 Å². The quantitative estimate of drug-likeness (QED) is 0.227. The first kappa shape index (κ1) is 27.5. The summed E-state index contributed by atoms with van der Waals surface area (Å²) in [6.07, 6.45) is 0. The molecular formula is C26H21Cl2N3O5S2. The van der Waals surface area contributed by atoms with E-state index in [0.29, 0.717) is 22.0 Å². The second-order valence-electron chi connectivity index (χ2n) is 8.16. The van der Waals surface area contributed by atoms with Gasteiger partial charge in [-0.1, -0.05) is 47.5 Å². The summed E-state index contributed by atoms with van der Waals surface area (Å²) < 4.78 is 55.8. The lowest BCUT2D eigenvalue weighted by molar-refractivity contribution is 0.102. The highest BCUT2D eigenvalue weighted by molar-refractivity contribution is 7.93. The van der Waals surface area contributed by atoms with Crippen molar-refractivity contribution >= 4 is 66.2 Å². The molecule has 0 saturated carbocycles. The zero-order valence-electron chi connectivity index (χ0n) is 19.8. The van der Waals surface area contributed by atoms with Gasteiger partial charge in [0.1, 0.15) is 0 Å². The van der Waals surface area contributed by atoms with Crippen LogP contribution in [0.3, 0.4) is 0 Å². The molecule has 196 valence electrons. The number of sulfonamides is 2. The molecule has 4 aromatic rings. The molecule has 0 aromatic heterocycles. The van der Waals surface area contributed by atoms with Gasteiger partial charge >= 0.3 is 0 Å². The number of aryl methyl sites for hydroxylation is 1. The number of hydrogen-bond acceptors (Lipinski definition) is 5. The molecule has 0 spiro atoms. The first-order valence-corrected chi connectivity index (χ1v) is 14.7. The molecule has 0 aliphatic carbocycles. The largest absolute Gasteiger partial charge is 0.322 e. The van der Waals surface area contributed by atoms with Gasteiger partial charge < -0.3 is 5.32 Å². The predicted molar refractivity (Wildman–Crippen MR) is 150 cm³/mol. The van der Waals surface area contributed by atoms with E-state index in [-0.39, 0.29) is 26.1 Å². The van der Waals surface area contributed by atoms with Crippen molar-refractivity contribution in [2.24, 2.45) is 0 Å². The molecule has 0 saturated heterocycles. The third-order valence-electron chi connectivity index (χ3n) is 5.38. The molecule has 0 radical (unpaired) electrons. The molecule has 0 fully saturated rings. The van der Waals surface area contributed by atoms with E-state index in [9.17, 15) is 21.6 Å². The maximum Gasteiger partial charge on any atom is 0.261 e. The number of benzene rings is 4. The van der Waals surface area contributed by atoms with Crippen molar-refractivity contribution in [2.45, 2.75) is 16.7 Å². The zero-order valence-corrected chi connectivity index (χ0v) is 22.9. The number of carbonyl (C=O) groups is 1. The van der Waals surface area contributed by atoms with E-state index in [2.05, 4.69) is 14.8 Å². The summed E-state index contributed by atoms with van der Waals surface area (Å²) in [7, 11) is -7.78. The summed E-state index contributed by atoms with van der Waals surface area (Å²) in [5, 5.41) is 3.13. The van der Waals surface area contributed by atoms with Gasteiger partial charge in [-0.25, -0.2) is 16.8 Å². The van der Waals surface area contributed by atoms with Crippen LogP contribution in [-0.2, 0) is 20.0 Å². The SMILES string of the molecule is Cc1ccc(Cl)cc1NS(=O)(=O)c1ccc(NC(=O)c2cc(NS(=O)(=O)c3ccccc3)ccc2Cl)cc1. The highest BCUT2D eigenvalue weighted by Gasteiger charge is 2.18. The van der Waals surface area contributed by atoms with Crippen LogP contribution in [0.1, 0.15) is 15.9 Å². The minimum atomic E-state index is -3.91. The number of rotatable bonds is 8. The van der Waals surface area contributed by atoms with Crippen molar-refractivity contribution in [3.05, 3.63) is 112 Å². The molecule has 3 N–H and O–H groups in total. The van der Waals surface area contributed by atoms with Crippen LogP contribution in [0.2, 0.25) is 10.0 Å². The Labute approximate surface area is 230 Å². The Balaban J connectivity index is 1.49. The highest BCUT2D eigenvalue weighted by atomic mass is 35.5. The fourth-order valence-electron chi connectivity index (χ4n) is 3.40. The smallest absolute Gasteiger partial charge is 0.261 e. The van der Waals surface area contributed by atoms with Gasteiger partial charge in [0.15, 0.2) is 0 Å². The second-order valence-corrected chi connectivity index (χ2v) is 12.4. The molecule has 0 unspecified atom stereocenters. The van der Waals surface area contributed by atoms with E-state index >= 15 is 0 Å². The zero-order chi connectivity index (χ0) is 27.5. The van der Waals surface area contributed by atoms with Crippen LogP contribution in [0.4, 0.5) is 17.1 Å². The number of anilines is 3. The molecule has 1 amide bonds. The Kier molecular flexibility index (Phi) is 7.98. The average molecular weight is 591 g/mol. The van der Waals surface area contributed by atoms with Crippen molar-refractivity contribution in [2.75, 3.05) is 14.8 Å². The highest BCUT2D eigenvalue weighted by Crippen LogP contribution is 2.26. The average Bonchev–Trinajstić information content (AvgIpc) is 2.88. The van der Waals surface area contributed by atoms with Crippen LogP contribution in [0, 0.1) is 6.92 Å². The van der Waals surface area contributed by atoms with Crippen molar-refractivity contribution in [1.29, 1.82) is 0 Å². The summed E-state index contributed by atoms with van der Waals surface area (Å²) in [5.74, 6) is -0.612. The van der Waals surface area contributed by atoms with Crippen molar-refractivity contribution < 1.29 is 21.6 Å². The van der Waals surface area contributed by atoms with Crippen LogP contribution in [0.5, 0.6) is 0 Å². The number of nitrogens with one attached hydrogen (secondary N) is 3. The monoisotopic (exact) mass is 589 g/mol. The van der Waals surface area contributed by atoms with E-state index in [1.807, 2.05) is 0 Å². The van der Waals surface area contributed by atoms with Gasteiger partial charge in [-0.3, -0.25) is 14.2 Å². The summed E-state index contributed by atoms with van der Waals surface area (Å²) in [4.78, 5) is 12.9. The molecule has 0 bridgehead atoms. The third-order valence-corrected chi connectivity index (χ3v) is 8.73. The van der Waals surface area contributed by atoms with Crippen LogP contribution in [-0.4, -0.2) is 22.7 Å². The summed E-state index contributed by atoms with van der Waals surface area (Å²) in [5.41, 5.74) is 1.53. The van der Waals surface area contributed by atoms with E-state index < -0.39 is 26.0 Å². The fraction of sp³-hybridized carbons (Fsp3) is 0.0385.